The maximum Gasteiger partial charge on any atom is 0.191 e. The van der Waals surface area contributed by atoms with Crippen molar-refractivity contribution in [3.63, 3.8) is 0 Å². The number of guanidine groups is 1. The van der Waals surface area contributed by atoms with Gasteiger partial charge in [-0.05, 0) is 51.3 Å². The average molecular weight is 388 g/mol. The van der Waals surface area contributed by atoms with E-state index >= 15 is 0 Å². The Morgan fingerprint density at radius 2 is 1.79 bits per heavy atom. The third-order valence-corrected chi connectivity index (χ3v) is 5.68. The van der Waals surface area contributed by atoms with Gasteiger partial charge in [-0.3, -0.25) is 0 Å². The molecule has 156 valence electrons. The Bertz CT molecular complexity index is 602. The topological polar surface area (TPSA) is 52.1 Å². The molecule has 0 aromatic heterocycles. The summed E-state index contributed by atoms with van der Waals surface area (Å²) >= 11 is 0. The van der Waals surface area contributed by atoms with Crippen molar-refractivity contribution in [1.29, 1.82) is 0 Å². The van der Waals surface area contributed by atoms with Gasteiger partial charge in [0.25, 0.3) is 0 Å². The largest absolute Gasteiger partial charge is 0.378 e. The van der Waals surface area contributed by atoms with Gasteiger partial charge in [0.2, 0.25) is 0 Å². The van der Waals surface area contributed by atoms with Crippen LogP contribution in [0.3, 0.4) is 0 Å². The van der Waals surface area contributed by atoms with E-state index in [-0.39, 0.29) is 0 Å². The van der Waals surface area contributed by atoms with E-state index in [0.29, 0.717) is 18.6 Å². The lowest BCUT2D eigenvalue weighted by molar-refractivity contribution is 0.122. The number of morpholine rings is 1. The van der Waals surface area contributed by atoms with Crippen LogP contribution >= 0.6 is 0 Å². The molecule has 1 aromatic rings. The van der Waals surface area contributed by atoms with Gasteiger partial charge in [-0.15, -0.1) is 0 Å². The van der Waals surface area contributed by atoms with E-state index in [9.17, 15) is 0 Å². The third-order valence-electron chi connectivity index (χ3n) is 5.68. The molecule has 0 atom stereocenters. The first-order valence-corrected chi connectivity index (χ1v) is 10.9. The molecule has 2 fully saturated rings. The zero-order valence-corrected chi connectivity index (χ0v) is 17.8. The van der Waals surface area contributed by atoms with Crippen molar-refractivity contribution in [3.8, 4) is 0 Å². The van der Waals surface area contributed by atoms with Crippen LogP contribution in [0.25, 0.3) is 0 Å². The molecule has 2 heterocycles. The molecule has 0 radical (unpaired) electrons. The Morgan fingerprint density at radius 1 is 1.11 bits per heavy atom. The molecule has 6 nitrogen and oxygen atoms in total. The van der Waals surface area contributed by atoms with E-state index in [1.54, 1.807) is 0 Å². The summed E-state index contributed by atoms with van der Waals surface area (Å²) in [7, 11) is 0. The van der Waals surface area contributed by atoms with Crippen molar-refractivity contribution in [3.05, 3.63) is 29.8 Å². The standard InChI is InChI=1S/C22H37N5O/c1-4-23-22(25-20-9-11-26(12-10-20)18(2)3)24-17-19-5-7-21(8-6-19)27-13-15-28-16-14-27/h5-8,18,20H,4,9-17H2,1-3H3,(H2,23,24,25). The molecule has 0 aliphatic carbocycles. The summed E-state index contributed by atoms with van der Waals surface area (Å²) < 4.78 is 5.44. The van der Waals surface area contributed by atoms with Gasteiger partial charge in [-0.2, -0.15) is 0 Å². The fourth-order valence-electron chi connectivity index (χ4n) is 3.88. The number of aliphatic imine (C=N–C) groups is 1. The number of hydrogen-bond acceptors (Lipinski definition) is 4. The molecule has 2 saturated heterocycles. The summed E-state index contributed by atoms with van der Waals surface area (Å²) in [5.41, 5.74) is 2.52. The van der Waals surface area contributed by atoms with Crippen LogP contribution in [0.4, 0.5) is 5.69 Å². The van der Waals surface area contributed by atoms with Gasteiger partial charge >= 0.3 is 0 Å². The zero-order chi connectivity index (χ0) is 19.8. The number of piperidine rings is 1. The van der Waals surface area contributed by atoms with E-state index < -0.39 is 0 Å². The van der Waals surface area contributed by atoms with Crippen molar-refractivity contribution >= 4 is 11.6 Å². The number of hydrogen-bond donors (Lipinski definition) is 2. The number of benzene rings is 1. The Morgan fingerprint density at radius 3 is 2.39 bits per heavy atom. The maximum atomic E-state index is 5.44. The minimum Gasteiger partial charge on any atom is -0.378 e. The molecule has 0 amide bonds. The number of likely N-dealkylation sites (tertiary alicyclic amines) is 1. The van der Waals surface area contributed by atoms with Crippen LogP contribution in [0, 0.1) is 0 Å². The van der Waals surface area contributed by atoms with Crippen LogP contribution in [-0.2, 0) is 11.3 Å². The molecule has 6 heteroatoms. The van der Waals surface area contributed by atoms with Gasteiger partial charge in [0.1, 0.15) is 0 Å². The van der Waals surface area contributed by atoms with E-state index in [1.807, 2.05) is 0 Å². The second-order valence-electron chi connectivity index (χ2n) is 8.01. The molecule has 28 heavy (non-hydrogen) atoms. The molecular formula is C22H37N5O. The second-order valence-corrected chi connectivity index (χ2v) is 8.01. The van der Waals surface area contributed by atoms with Crippen LogP contribution in [0.15, 0.2) is 29.3 Å². The Labute approximate surface area is 170 Å². The van der Waals surface area contributed by atoms with Crippen LogP contribution < -0.4 is 15.5 Å². The average Bonchev–Trinajstić information content (AvgIpc) is 2.73. The Balaban J connectivity index is 1.52. The summed E-state index contributed by atoms with van der Waals surface area (Å²) in [5, 5.41) is 7.04. The molecule has 0 saturated carbocycles. The van der Waals surface area contributed by atoms with Crippen LogP contribution in [-0.4, -0.2) is 68.9 Å². The Hall–Kier alpha value is -1.79. The van der Waals surface area contributed by atoms with E-state index in [1.165, 1.54) is 24.1 Å². The number of nitrogens with zero attached hydrogens (tertiary/aromatic N) is 3. The van der Waals surface area contributed by atoms with Crippen LogP contribution in [0.5, 0.6) is 0 Å². The van der Waals surface area contributed by atoms with E-state index in [4.69, 9.17) is 9.73 Å². The minimum absolute atomic E-state index is 0.511. The predicted octanol–water partition coefficient (Wildman–Crippen LogP) is 2.45. The molecular weight excluding hydrogens is 350 g/mol. The molecule has 0 bridgehead atoms. The second kappa shape index (κ2) is 10.7. The van der Waals surface area contributed by atoms with E-state index in [2.05, 4.69) is 65.5 Å². The summed E-state index contributed by atoms with van der Waals surface area (Å²) in [5.74, 6) is 0.933. The van der Waals surface area contributed by atoms with Crippen molar-refractivity contribution in [2.75, 3.05) is 50.8 Å². The summed E-state index contributed by atoms with van der Waals surface area (Å²) in [6.07, 6.45) is 2.35. The van der Waals surface area contributed by atoms with Gasteiger partial charge in [0.05, 0.1) is 19.8 Å². The Kier molecular flexibility index (Phi) is 7.98. The molecule has 2 aliphatic heterocycles. The number of anilines is 1. The zero-order valence-electron chi connectivity index (χ0n) is 17.8. The fraction of sp³-hybridized carbons (Fsp3) is 0.682. The predicted molar refractivity (Wildman–Crippen MR) is 117 cm³/mol. The molecule has 2 N–H and O–H groups in total. The van der Waals surface area contributed by atoms with Gasteiger partial charge in [0, 0.05) is 50.5 Å². The highest BCUT2D eigenvalue weighted by atomic mass is 16.5. The number of nitrogens with one attached hydrogen (secondary N) is 2. The lowest BCUT2D eigenvalue weighted by atomic mass is 10.0. The van der Waals surface area contributed by atoms with Crippen molar-refractivity contribution in [2.45, 2.75) is 52.2 Å². The highest BCUT2D eigenvalue weighted by Crippen LogP contribution is 2.17. The first-order chi connectivity index (χ1) is 13.7. The highest BCUT2D eigenvalue weighted by molar-refractivity contribution is 5.80. The quantitative estimate of drug-likeness (QED) is 0.580. The molecule has 0 unspecified atom stereocenters. The third kappa shape index (κ3) is 6.11. The lowest BCUT2D eigenvalue weighted by Crippen LogP contribution is -2.49. The van der Waals surface area contributed by atoms with Gasteiger partial charge in [-0.25, -0.2) is 4.99 Å². The number of ether oxygens (including phenoxy) is 1. The lowest BCUT2D eigenvalue weighted by Gasteiger charge is -2.35. The summed E-state index contributed by atoms with van der Waals surface area (Å²) in [4.78, 5) is 9.76. The summed E-state index contributed by atoms with van der Waals surface area (Å²) in [6.45, 7) is 14.2. The van der Waals surface area contributed by atoms with E-state index in [0.717, 1.165) is 51.9 Å². The fourth-order valence-corrected chi connectivity index (χ4v) is 3.88. The van der Waals surface area contributed by atoms with Crippen molar-refractivity contribution in [1.82, 2.24) is 15.5 Å². The van der Waals surface area contributed by atoms with Crippen molar-refractivity contribution in [2.24, 2.45) is 4.99 Å². The smallest absolute Gasteiger partial charge is 0.191 e. The first kappa shape index (κ1) is 20.9. The van der Waals surface area contributed by atoms with Gasteiger partial charge < -0.3 is 25.2 Å². The highest BCUT2D eigenvalue weighted by Gasteiger charge is 2.21. The van der Waals surface area contributed by atoms with Crippen molar-refractivity contribution < 1.29 is 4.74 Å². The molecule has 2 aliphatic rings. The normalized spacial score (nSPS) is 19.9. The first-order valence-electron chi connectivity index (χ1n) is 10.9. The maximum absolute atomic E-state index is 5.44. The molecule has 0 spiro atoms. The minimum atomic E-state index is 0.511. The van der Waals surface area contributed by atoms with Gasteiger partial charge in [0.15, 0.2) is 5.96 Å². The SMILES string of the molecule is CCNC(=NCc1ccc(N2CCOCC2)cc1)NC1CCN(C(C)C)CC1. The monoisotopic (exact) mass is 387 g/mol. The number of rotatable bonds is 6. The van der Waals surface area contributed by atoms with Crippen LogP contribution in [0.2, 0.25) is 0 Å². The van der Waals surface area contributed by atoms with Gasteiger partial charge in [-0.1, -0.05) is 12.1 Å². The van der Waals surface area contributed by atoms with Crippen LogP contribution in [0.1, 0.15) is 39.2 Å². The summed E-state index contributed by atoms with van der Waals surface area (Å²) in [6, 6.07) is 9.95. The molecule has 3 rings (SSSR count). The molecule has 1 aromatic carbocycles.